The van der Waals surface area contributed by atoms with Gasteiger partial charge in [-0.25, -0.2) is 8.42 Å². The van der Waals surface area contributed by atoms with Crippen LogP contribution in [0.3, 0.4) is 0 Å². The van der Waals surface area contributed by atoms with Gasteiger partial charge in [0.1, 0.15) is 5.75 Å². The first-order valence-electron chi connectivity index (χ1n) is 8.79. The van der Waals surface area contributed by atoms with E-state index in [9.17, 15) is 13.2 Å². The maximum atomic E-state index is 12.3. The molecule has 1 N–H and O–H groups in total. The van der Waals surface area contributed by atoms with E-state index in [2.05, 4.69) is 5.32 Å². The lowest BCUT2D eigenvalue weighted by Crippen LogP contribution is -2.40. The first-order valence-corrected chi connectivity index (χ1v) is 10.7. The average Bonchev–Trinajstić information content (AvgIpc) is 3.03. The van der Waals surface area contributed by atoms with E-state index in [1.165, 1.54) is 6.26 Å². The van der Waals surface area contributed by atoms with Gasteiger partial charge in [0.05, 0.1) is 11.5 Å². The van der Waals surface area contributed by atoms with Gasteiger partial charge >= 0.3 is 0 Å². The minimum absolute atomic E-state index is 0. The molecule has 1 amide bonds. The Morgan fingerprint density at radius 3 is 2.58 bits per heavy atom. The molecule has 0 radical (unpaired) electrons. The summed E-state index contributed by atoms with van der Waals surface area (Å²) in [6, 6.07) is 6.75. The van der Waals surface area contributed by atoms with E-state index in [1.807, 2.05) is 11.9 Å². The number of nitrogens with one attached hydrogen (secondary N) is 1. The number of carbonyl (C=O) groups is 1. The van der Waals surface area contributed by atoms with Crippen LogP contribution in [0, 0.1) is 0 Å². The molecule has 1 aromatic carbocycles. The molecule has 2 rings (SSSR count). The highest BCUT2D eigenvalue weighted by Gasteiger charge is 2.27. The van der Waals surface area contributed by atoms with Crippen molar-refractivity contribution in [2.45, 2.75) is 43.0 Å². The highest BCUT2D eigenvalue weighted by atomic mass is 35.5. The highest BCUT2D eigenvalue weighted by Crippen LogP contribution is 2.19. The van der Waals surface area contributed by atoms with Crippen molar-refractivity contribution in [1.29, 1.82) is 0 Å². The molecule has 1 aliphatic heterocycles. The van der Waals surface area contributed by atoms with Crippen molar-refractivity contribution < 1.29 is 17.9 Å². The zero-order chi connectivity index (χ0) is 18.3. The van der Waals surface area contributed by atoms with E-state index in [4.69, 9.17) is 4.74 Å². The number of nitrogens with zero attached hydrogens (tertiary/aromatic N) is 1. The number of hydrogen-bond donors (Lipinski definition) is 1. The second-order valence-corrected chi connectivity index (χ2v) is 8.51. The van der Waals surface area contributed by atoms with Gasteiger partial charge in [0, 0.05) is 31.8 Å². The molecule has 1 heterocycles. The van der Waals surface area contributed by atoms with Gasteiger partial charge in [0.15, 0.2) is 9.84 Å². The topological polar surface area (TPSA) is 75.7 Å². The van der Waals surface area contributed by atoms with Gasteiger partial charge in [-0.1, -0.05) is 0 Å². The van der Waals surface area contributed by atoms with Crippen molar-refractivity contribution >= 4 is 28.2 Å². The van der Waals surface area contributed by atoms with E-state index in [0.29, 0.717) is 24.8 Å². The Labute approximate surface area is 162 Å². The number of hydrogen-bond acceptors (Lipinski definition) is 5. The Hall–Kier alpha value is -1.31. The number of unbranched alkanes of at least 4 members (excludes halogenated alkanes) is 1. The third-order valence-electron chi connectivity index (χ3n) is 4.44. The van der Waals surface area contributed by atoms with Crippen LogP contribution in [0.15, 0.2) is 29.2 Å². The summed E-state index contributed by atoms with van der Waals surface area (Å²) in [6.07, 6.45) is 5.49. The normalized spacial score (nSPS) is 17.0. The minimum atomic E-state index is -3.18. The molecule has 1 atom stereocenters. The number of sulfone groups is 1. The van der Waals surface area contributed by atoms with Crippen molar-refractivity contribution in [2.24, 2.45) is 0 Å². The molecular weight excluding hydrogens is 376 g/mol. The number of likely N-dealkylation sites (N-methyl/N-ethyl adjacent to an activating group) is 1. The third kappa shape index (κ3) is 6.78. The van der Waals surface area contributed by atoms with E-state index in [1.54, 1.807) is 24.3 Å². The number of halogens is 1. The van der Waals surface area contributed by atoms with E-state index in [-0.39, 0.29) is 23.2 Å². The van der Waals surface area contributed by atoms with Crippen LogP contribution in [0.25, 0.3) is 0 Å². The third-order valence-corrected chi connectivity index (χ3v) is 5.57. The van der Waals surface area contributed by atoms with Crippen molar-refractivity contribution in [3.63, 3.8) is 0 Å². The average molecular weight is 405 g/mol. The smallest absolute Gasteiger partial charge is 0.222 e. The number of carbonyl (C=O) groups excluding carboxylic acids is 1. The van der Waals surface area contributed by atoms with Gasteiger partial charge in [-0.15, -0.1) is 12.4 Å². The van der Waals surface area contributed by atoms with Gasteiger partial charge < -0.3 is 15.0 Å². The zero-order valence-electron chi connectivity index (χ0n) is 15.4. The summed E-state index contributed by atoms with van der Waals surface area (Å²) in [7, 11) is -1.26. The predicted molar refractivity (Wildman–Crippen MR) is 105 cm³/mol. The lowest BCUT2D eigenvalue weighted by molar-refractivity contribution is -0.132. The molecule has 0 bridgehead atoms. The Balaban J connectivity index is 0.00000338. The molecule has 0 saturated carbocycles. The zero-order valence-corrected chi connectivity index (χ0v) is 17.1. The Bertz CT molecular complexity index is 664. The fourth-order valence-corrected chi connectivity index (χ4v) is 3.74. The number of amides is 1. The van der Waals surface area contributed by atoms with Crippen LogP contribution >= 0.6 is 12.4 Å². The number of ether oxygens (including phenoxy) is 1. The van der Waals surface area contributed by atoms with Gasteiger partial charge in [-0.2, -0.15) is 0 Å². The molecule has 1 aromatic rings. The summed E-state index contributed by atoms with van der Waals surface area (Å²) in [4.78, 5) is 14.6. The monoisotopic (exact) mass is 404 g/mol. The molecule has 1 fully saturated rings. The van der Waals surface area contributed by atoms with Gasteiger partial charge in [-0.05, 0) is 57.0 Å². The predicted octanol–water partition coefficient (Wildman–Crippen LogP) is 2.27. The summed E-state index contributed by atoms with van der Waals surface area (Å²) in [5.74, 6) is 0.877. The fraction of sp³-hybridized carbons (Fsp3) is 0.611. The maximum Gasteiger partial charge on any atom is 0.222 e. The molecule has 8 heteroatoms. The second kappa shape index (κ2) is 10.7. The lowest BCUT2D eigenvalue weighted by Gasteiger charge is -2.24. The quantitative estimate of drug-likeness (QED) is 0.639. The molecule has 1 unspecified atom stereocenters. The summed E-state index contributed by atoms with van der Waals surface area (Å²) in [6.45, 7) is 2.25. The standard InChI is InChI=1S/C18H28N2O4S.ClH/c1-19-14-15-6-5-12-20(15)18(21)7-3-4-13-24-16-8-10-17(11-9-16)25(2,22)23;/h8-11,15,19H,3-7,12-14H2,1-2H3;1H. The molecule has 148 valence electrons. The van der Waals surface area contributed by atoms with Gasteiger partial charge in [-0.3, -0.25) is 4.79 Å². The molecule has 1 aliphatic rings. The fourth-order valence-electron chi connectivity index (χ4n) is 3.11. The van der Waals surface area contributed by atoms with Crippen molar-refractivity contribution in [3.8, 4) is 5.75 Å². The summed E-state index contributed by atoms with van der Waals surface area (Å²) in [5.41, 5.74) is 0. The van der Waals surface area contributed by atoms with Crippen LogP contribution in [-0.2, 0) is 14.6 Å². The van der Waals surface area contributed by atoms with Crippen LogP contribution < -0.4 is 10.1 Å². The molecule has 0 aromatic heterocycles. The van der Waals surface area contributed by atoms with E-state index >= 15 is 0 Å². The molecule has 6 nitrogen and oxygen atoms in total. The lowest BCUT2D eigenvalue weighted by atomic mass is 10.2. The highest BCUT2D eigenvalue weighted by molar-refractivity contribution is 7.90. The van der Waals surface area contributed by atoms with Crippen molar-refractivity contribution in [1.82, 2.24) is 10.2 Å². The Kier molecular flexibility index (Phi) is 9.39. The van der Waals surface area contributed by atoms with Crippen LogP contribution in [-0.4, -0.2) is 58.3 Å². The van der Waals surface area contributed by atoms with E-state index in [0.717, 1.165) is 38.8 Å². The second-order valence-electron chi connectivity index (χ2n) is 6.49. The van der Waals surface area contributed by atoms with Gasteiger partial charge in [0.2, 0.25) is 5.91 Å². The number of rotatable bonds is 9. The number of benzene rings is 1. The van der Waals surface area contributed by atoms with Crippen molar-refractivity contribution in [3.05, 3.63) is 24.3 Å². The van der Waals surface area contributed by atoms with Crippen LogP contribution in [0.5, 0.6) is 5.75 Å². The molecular formula is C18H29ClN2O4S. The van der Waals surface area contributed by atoms with Crippen molar-refractivity contribution in [2.75, 3.05) is 33.0 Å². The van der Waals surface area contributed by atoms with Crippen LogP contribution in [0.4, 0.5) is 0 Å². The largest absolute Gasteiger partial charge is 0.494 e. The van der Waals surface area contributed by atoms with Crippen LogP contribution in [0.2, 0.25) is 0 Å². The van der Waals surface area contributed by atoms with Gasteiger partial charge in [0.25, 0.3) is 0 Å². The molecule has 0 aliphatic carbocycles. The summed E-state index contributed by atoms with van der Waals surface area (Å²) < 4.78 is 28.4. The van der Waals surface area contributed by atoms with Crippen LogP contribution in [0.1, 0.15) is 32.1 Å². The summed E-state index contributed by atoms with van der Waals surface area (Å²) in [5, 5.41) is 3.15. The Morgan fingerprint density at radius 2 is 1.96 bits per heavy atom. The minimum Gasteiger partial charge on any atom is -0.494 e. The first kappa shape index (κ1) is 22.7. The SMILES string of the molecule is CNCC1CCCN1C(=O)CCCCOc1ccc(S(C)(=O)=O)cc1.Cl. The number of likely N-dealkylation sites (tertiary alicyclic amines) is 1. The molecule has 0 spiro atoms. The van der Waals surface area contributed by atoms with E-state index < -0.39 is 9.84 Å². The Morgan fingerprint density at radius 1 is 1.27 bits per heavy atom. The molecule has 1 saturated heterocycles. The first-order chi connectivity index (χ1) is 11.9. The maximum absolute atomic E-state index is 12.3. The molecule has 26 heavy (non-hydrogen) atoms. The summed E-state index contributed by atoms with van der Waals surface area (Å²) >= 11 is 0.